The SMILES string of the molecule is CN(C)c1cc(P(c2ccccc2)c2ccccc2)cc2c1cc(P(c1ccccc1)c1ccccc1)c1o[pH]oc3ccc4ccccc4c3c12. The lowest BCUT2D eigenvalue weighted by Gasteiger charge is -2.26. The summed E-state index contributed by atoms with van der Waals surface area (Å²) in [5.41, 5.74) is 2.94. The van der Waals surface area contributed by atoms with E-state index in [0.29, 0.717) is 0 Å². The minimum atomic E-state index is -0.993. The van der Waals surface area contributed by atoms with E-state index in [9.17, 15) is 0 Å². The van der Waals surface area contributed by atoms with E-state index in [1.807, 2.05) is 0 Å². The molecule has 0 spiro atoms. The third-order valence-electron chi connectivity index (χ3n) is 9.63. The maximum Gasteiger partial charge on any atom is 0.201 e. The average Bonchev–Trinajstić information content (AvgIpc) is 3.40. The molecule has 0 bridgehead atoms. The predicted octanol–water partition coefficient (Wildman–Crippen LogP) is 10.2. The van der Waals surface area contributed by atoms with Gasteiger partial charge in [-0.3, -0.25) is 0 Å². The molecule has 1 unspecified atom stereocenters. The van der Waals surface area contributed by atoms with Crippen molar-refractivity contribution in [2.45, 2.75) is 0 Å². The predicted molar refractivity (Wildman–Crippen MR) is 230 cm³/mol. The second-order valence-electron chi connectivity index (χ2n) is 13.0. The first kappa shape index (κ1) is 32.7. The third kappa shape index (κ3) is 5.90. The summed E-state index contributed by atoms with van der Waals surface area (Å²) in [7, 11) is 2.29. The highest BCUT2D eigenvalue weighted by atomic mass is 31.1. The summed E-state index contributed by atoms with van der Waals surface area (Å²) >= 11 is 0. The van der Waals surface area contributed by atoms with Gasteiger partial charge < -0.3 is 13.3 Å². The normalized spacial score (nSPS) is 11.8. The molecule has 0 saturated heterocycles. The van der Waals surface area contributed by atoms with Crippen LogP contribution in [0.25, 0.3) is 43.5 Å². The molecule has 0 aliphatic rings. The maximum atomic E-state index is 6.93. The van der Waals surface area contributed by atoms with Crippen LogP contribution in [0.5, 0.6) is 0 Å². The van der Waals surface area contributed by atoms with E-state index < -0.39 is 15.8 Å². The van der Waals surface area contributed by atoms with Gasteiger partial charge in [0.25, 0.3) is 0 Å². The van der Waals surface area contributed by atoms with E-state index in [4.69, 9.17) is 8.39 Å². The van der Waals surface area contributed by atoms with Crippen LogP contribution in [0.15, 0.2) is 184 Å². The van der Waals surface area contributed by atoms with E-state index in [1.54, 1.807) is 0 Å². The fourth-order valence-electron chi connectivity index (χ4n) is 7.34. The Balaban J connectivity index is 1.50. The second kappa shape index (κ2) is 14.1. The van der Waals surface area contributed by atoms with Crippen LogP contribution in [0.2, 0.25) is 0 Å². The van der Waals surface area contributed by atoms with Crippen LogP contribution in [0, 0.1) is 0 Å². The summed E-state index contributed by atoms with van der Waals surface area (Å²) in [6.45, 7) is 0. The van der Waals surface area contributed by atoms with Crippen molar-refractivity contribution in [1.29, 1.82) is 0 Å². The molecular formula is C46H36NO2P3. The molecule has 0 amide bonds. The minimum Gasteiger partial charge on any atom is -0.421 e. The van der Waals surface area contributed by atoms with Gasteiger partial charge in [-0.2, -0.15) is 0 Å². The van der Waals surface area contributed by atoms with Crippen LogP contribution in [0.4, 0.5) is 5.69 Å². The lowest BCUT2D eigenvalue weighted by Crippen LogP contribution is -2.23. The Hall–Kier alpha value is -5.16. The number of benzene rings is 8. The highest BCUT2D eigenvalue weighted by Crippen LogP contribution is 2.45. The van der Waals surface area contributed by atoms with Crippen LogP contribution < -0.4 is 36.7 Å². The van der Waals surface area contributed by atoms with Gasteiger partial charge in [0.2, 0.25) is 8.67 Å². The molecule has 0 N–H and O–H groups in total. The van der Waals surface area contributed by atoms with Gasteiger partial charge in [-0.05, 0) is 82.8 Å². The average molecular weight is 728 g/mol. The van der Waals surface area contributed by atoms with E-state index in [2.05, 4.69) is 195 Å². The van der Waals surface area contributed by atoms with Crippen molar-refractivity contribution in [2.75, 3.05) is 19.0 Å². The van der Waals surface area contributed by atoms with Gasteiger partial charge in [0, 0.05) is 41.2 Å². The van der Waals surface area contributed by atoms with Crippen molar-refractivity contribution in [3.05, 3.63) is 176 Å². The molecule has 1 atom stereocenters. The van der Waals surface area contributed by atoms with Crippen molar-refractivity contribution in [2.24, 2.45) is 0 Å². The Morgan fingerprint density at radius 2 is 0.981 bits per heavy atom. The molecule has 0 fully saturated rings. The molecule has 8 aromatic carbocycles. The molecular weight excluding hydrogens is 691 g/mol. The Kier molecular flexibility index (Phi) is 8.88. The van der Waals surface area contributed by atoms with E-state index in [-0.39, 0.29) is 8.67 Å². The van der Waals surface area contributed by atoms with E-state index >= 15 is 0 Å². The molecule has 3 nitrogen and oxygen atoms in total. The van der Waals surface area contributed by atoms with Gasteiger partial charge in [-0.1, -0.05) is 152 Å². The first-order valence-electron chi connectivity index (χ1n) is 17.4. The fraction of sp³-hybridized carbons (Fsp3) is 0.0435. The van der Waals surface area contributed by atoms with Crippen LogP contribution in [-0.2, 0) is 0 Å². The Labute approximate surface area is 307 Å². The number of nitrogens with zero attached hydrogens (tertiary/aromatic N) is 1. The van der Waals surface area contributed by atoms with Crippen molar-refractivity contribution in [1.82, 2.24) is 0 Å². The summed E-state index contributed by atoms with van der Waals surface area (Å²) in [4.78, 5) is 2.28. The first-order valence-corrected chi connectivity index (χ1v) is 20.9. The lowest BCUT2D eigenvalue weighted by molar-refractivity contribution is 0.664. The van der Waals surface area contributed by atoms with Crippen LogP contribution in [-0.4, -0.2) is 14.1 Å². The molecule has 1 aromatic heterocycles. The van der Waals surface area contributed by atoms with Gasteiger partial charge in [0.15, 0.2) is 5.58 Å². The monoisotopic (exact) mass is 727 g/mol. The minimum absolute atomic E-state index is 0.180. The number of fused-ring (bicyclic) bond motifs is 7. The Morgan fingerprint density at radius 1 is 0.442 bits per heavy atom. The van der Waals surface area contributed by atoms with Gasteiger partial charge in [0.05, 0.1) is 0 Å². The summed E-state index contributed by atoms with van der Waals surface area (Å²) in [5.74, 6) is 0. The standard InChI is InChI=1S/C46H36NO2P3/c1-47(2)41-30-37(51(33-18-7-3-8-19-33)34-20-9-4-10-21-34)29-40-39(41)31-43(52(35-22-11-5-12-23-35)36-24-13-6-14-25-36)46-45(40)44-38-26-16-15-17-32(38)27-28-42(44)48-50-49-46/h3-31,50H,1-2H3. The lowest BCUT2D eigenvalue weighted by atomic mass is 9.97. The highest BCUT2D eigenvalue weighted by Gasteiger charge is 2.26. The largest absolute Gasteiger partial charge is 0.421 e. The molecule has 1 heterocycles. The summed E-state index contributed by atoms with van der Waals surface area (Å²) < 4.78 is 13.5. The molecule has 52 heavy (non-hydrogen) atoms. The molecule has 9 aromatic rings. The third-order valence-corrected chi connectivity index (χ3v) is 15.1. The molecule has 6 heteroatoms. The Morgan fingerprint density at radius 3 is 1.56 bits per heavy atom. The zero-order valence-corrected chi connectivity index (χ0v) is 31.7. The van der Waals surface area contributed by atoms with Gasteiger partial charge in [-0.15, -0.1) is 0 Å². The first-order chi connectivity index (χ1) is 25.7. The summed E-state index contributed by atoms with van der Waals surface area (Å²) in [6.07, 6.45) is 0. The summed E-state index contributed by atoms with van der Waals surface area (Å²) in [6, 6.07) is 64.0. The van der Waals surface area contributed by atoms with Crippen molar-refractivity contribution < 1.29 is 8.39 Å². The van der Waals surface area contributed by atoms with Crippen molar-refractivity contribution in [3.63, 3.8) is 0 Å². The molecule has 0 radical (unpaired) electrons. The quantitative estimate of drug-likeness (QED) is 0.153. The zero-order chi connectivity index (χ0) is 35.0. The smallest absolute Gasteiger partial charge is 0.201 e. The molecule has 9 rings (SSSR count). The molecule has 0 saturated carbocycles. The maximum absolute atomic E-state index is 6.93. The topological polar surface area (TPSA) is 29.5 Å². The number of anilines is 1. The van der Waals surface area contributed by atoms with Crippen molar-refractivity contribution >= 4 is 106 Å². The second-order valence-corrected chi connectivity index (χ2v) is 18.0. The van der Waals surface area contributed by atoms with Gasteiger partial charge in [0.1, 0.15) is 5.58 Å². The van der Waals surface area contributed by atoms with Crippen LogP contribution >= 0.6 is 24.5 Å². The van der Waals surface area contributed by atoms with Crippen LogP contribution in [0.1, 0.15) is 0 Å². The molecule has 252 valence electrons. The van der Waals surface area contributed by atoms with E-state index in [1.165, 1.54) is 53.7 Å². The summed E-state index contributed by atoms with van der Waals surface area (Å²) in [5, 5.41) is 14.6. The number of rotatable bonds is 7. The van der Waals surface area contributed by atoms with E-state index in [0.717, 1.165) is 27.3 Å². The van der Waals surface area contributed by atoms with Gasteiger partial charge in [-0.25, -0.2) is 0 Å². The number of hydrogen-bond donors (Lipinski definition) is 0. The van der Waals surface area contributed by atoms with Crippen molar-refractivity contribution in [3.8, 4) is 0 Å². The highest BCUT2D eigenvalue weighted by molar-refractivity contribution is 7.80. The Bertz CT molecular complexity index is 2640. The zero-order valence-electron chi connectivity index (χ0n) is 28.9. The fourth-order valence-corrected chi connectivity index (χ4v) is 12.8. The van der Waals surface area contributed by atoms with Crippen LogP contribution in [0.3, 0.4) is 0 Å². The molecule has 0 aliphatic heterocycles. The van der Waals surface area contributed by atoms with Gasteiger partial charge >= 0.3 is 0 Å². The molecule has 0 aliphatic carbocycles. The number of hydrogen-bond acceptors (Lipinski definition) is 3.